The van der Waals surface area contributed by atoms with E-state index in [4.69, 9.17) is 0 Å². The number of nitrogens with one attached hydrogen (secondary N) is 1. The fraction of sp³-hybridized carbons (Fsp3) is 0.208. The lowest BCUT2D eigenvalue weighted by molar-refractivity contribution is 0.0728. The lowest BCUT2D eigenvalue weighted by Crippen LogP contribution is -2.36. The van der Waals surface area contributed by atoms with E-state index in [0.29, 0.717) is 30.9 Å². The fourth-order valence-corrected chi connectivity index (χ4v) is 3.51. The van der Waals surface area contributed by atoms with Crippen LogP contribution in [0.4, 0.5) is 0 Å². The molecule has 146 valence electrons. The predicted octanol–water partition coefficient (Wildman–Crippen LogP) is 3.52. The van der Waals surface area contributed by atoms with Crippen LogP contribution in [0.25, 0.3) is 0 Å². The minimum absolute atomic E-state index is 0.146. The van der Waals surface area contributed by atoms with Gasteiger partial charge in [0.15, 0.2) is 0 Å². The largest absolute Gasteiger partial charge is 0.348 e. The SMILES string of the molecule is Cc1ccc(CNC(=O)c2ccnc(C(=O)N3CCc4ccccc4C3)c2)cc1. The van der Waals surface area contributed by atoms with Gasteiger partial charge < -0.3 is 10.2 Å². The maximum Gasteiger partial charge on any atom is 0.272 e. The van der Waals surface area contributed by atoms with Crippen molar-refractivity contribution in [2.75, 3.05) is 6.54 Å². The van der Waals surface area contributed by atoms with Gasteiger partial charge in [-0.3, -0.25) is 14.6 Å². The molecule has 0 atom stereocenters. The molecule has 1 aliphatic heterocycles. The van der Waals surface area contributed by atoms with E-state index in [9.17, 15) is 9.59 Å². The first-order valence-electron chi connectivity index (χ1n) is 9.76. The second-order valence-electron chi connectivity index (χ2n) is 7.34. The number of hydrogen-bond donors (Lipinski definition) is 1. The summed E-state index contributed by atoms with van der Waals surface area (Å²) in [7, 11) is 0. The Balaban J connectivity index is 1.43. The van der Waals surface area contributed by atoms with Crippen LogP contribution in [0, 0.1) is 6.92 Å². The number of carbonyl (C=O) groups excluding carboxylic acids is 2. The molecule has 0 radical (unpaired) electrons. The number of aromatic nitrogens is 1. The summed E-state index contributed by atoms with van der Waals surface area (Å²) in [4.78, 5) is 31.5. The highest BCUT2D eigenvalue weighted by Crippen LogP contribution is 2.20. The smallest absolute Gasteiger partial charge is 0.272 e. The maximum absolute atomic E-state index is 12.9. The molecule has 2 heterocycles. The monoisotopic (exact) mass is 385 g/mol. The minimum atomic E-state index is -0.217. The van der Waals surface area contributed by atoms with Gasteiger partial charge >= 0.3 is 0 Å². The summed E-state index contributed by atoms with van der Waals surface area (Å²) < 4.78 is 0. The van der Waals surface area contributed by atoms with E-state index in [2.05, 4.69) is 22.4 Å². The molecule has 29 heavy (non-hydrogen) atoms. The van der Waals surface area contributed by atoms with Crippen LogP contribution in [0.1, 0.15) is 43.1 Å². The van der Waals surface area contributed by atoms with Crippen LogP contribution in [-0.4, -0.2) is 28.2 Å². The van der Waals surface area contributed by atoms with Gasteiger partial charge in [0.1, 0.15) is 5.69 Å². The third kappa shape index (κ3) is 4.35. The summed E-state index contributed by atoms with van der Waals surface area (Å²) in [5.41, 5.74) is 5.40. The van der Waals surface area contributed by atoms with E-state index < -0.39 is 0 Å². The van der Waals surface area contributed by atoms with Gasteiger partial charge in [0.2, 0.25) is 0 Å². The predicted molar refractivity (Wildman–Crippen MR) is 111 cm³/mol. The number of hydrogen-bond acceptors (Lipinski definition) is 3. The van der Waals surface area contributed by atoms with Gasteiger partial charge in [-0.2, -0.15) is 0 Å². The highest BCUT2D eigenvalue weighted by atomic mass is 16.2. The Kier molecular flexibility index (Phi) is 5.38. The highest BCUT2D eigenvalue weighted by molar-refractivity contribution is 5.98. The van der Waals surface area contributed by atoms with Crippen LogP contribution in [0.2, 0.25) is 0 Å². The van der Waals surface area contributed by atoms with Crippen LogP contribution in [0.15, 0.2) is 66.9 Å². The second-order valence-corrected chi connectivity index (χ2v) is 7.34. The number of rotatable bonds is 4. The van der Waals surface area contributed by atoms with Crippen LogP contribution in [-0.2, 0) is 19.5 Å². The molecule has 2 amide bonds. The quantitative estimate of drug-likeness (QED) is 0.747. The third-order valence-corrected chi connectivity index (χ3v) is 5.23. The first kappa shape index (κ1) is 18.9. The van der Waals surface area contributed by atoms with Gasteiger partial charge in [0.05, 0.1) is 0 Å². The zero-order valence-electron chi connectivity index (χ0n) is 16.4. The zero-order valence-corrected chi connectivity index (χ0v) is 16.4. The van der Waals surface area contributed by atoms with E-state index in [0.717, 1.165) is 12.0 Å². The lowest BCUT2D eigenvalue weighted by Gasteiger charge is -2.28. The summed E-state index contributed by atoms with van der Waals surface area (Å²) in [6.07, 6.45) is 2.35. The zero-order chi connectivity index (χ0) is 20.2. The number of amides is 2. The van der Waals surface area contributed by atoms with Crippen molar-refractivity contribution in [1.29, 1.82) is 0 Å². The standard InChI is InChI=1S/C24H23N3O2/c1-17-6-8-18(9-7-17)15-26-23(28)20-10-12-25-22(14-20)24(29)27-13-11-19-4-2-3-5-21(19)16-27/h2-10,12,14H,11,13,15-16H2,1H3,(H,26,28). The van der Waals surface area contributed by atoms with Crippen LogP contribution < -0.4 is 5.32 Å². The molecule has 1 N–H and O–H groups in total. The molecule has 0 bridgehead atoms. The molecule has 3 aromatic rings. The summed E-state index contributed by atoms with van der Waals surface area (Å²) in [6, 6.07) is 19.4. The van der Waals surface area contributed by atoms with Crippen LogP contribution in [0.3, 0.4) is 0 Å². The average molecular weight is 385 g/mol. The molecule has 1 aromatic heterocycles. The fourth-order valence-electron chi connectivity index (χ4n) is 3.51. The Labute approximate surface area is 170 Å². The Bertz CT molecular complexity index is 1040. The van der Waals surface area contributed by atoms with Gasteiger partial charge in [-0.15, -0.1) is 0 Å². The van der Waals surface area contributed by atoms with E-state index in [1.54, 1.807) is 17.0 Å². The third-order valence-electron chi connectivity index (χ3n) is 5.23. The molecule has 1 aliphatic rings. The van der Waals surface area contributed by atoms with Crippen LogP contribution in [0.5, 0.6) is 0 Å². The highest BCUT2D eigenvalue weighted by Gasteiger charge is 2.23. The van der Waals surface area contributed by atoms with Crippen molar-refractivity contribution in [3.63, 3.8) is 0 Å². The summed E-state index contributed by atoms with van der Waals surface area (Å²) in [5.74, 6) is -0.362. The van der Waals surface area contributed by atoms with Crippen molar-refractivity contribution < 1.29 is 9.59 Å². The first-order chi connectivity index (χ1) is 14.1. The van der Waals surface area contributed by atoms with Crippen molar-refractivity contribution in [1.82, 2.24) is 15.2 Å². The first-order valence-corrected chi connectivity index (χ1v) is 9.76. The molecular formula is C24H23N3O2. The minimum Gasteiger partial charge on any atom is -0.348 e. The van der Waals surface area contributed by atoms with Crippen molar-refractivity contribution >= 4 is 11.8 Å². The molecule has 0 aliphatic carbocycles. The van der Waals surface area contributed by atoms with E-state index in [1.807, 2.05) is 43.3 Å². The Morgan fingerprint density at radius 1 is 1.03 bits per heavy atom. The van der Waals surface area contributed by atoms with E-state index in [1.165, 1.54) is 22.9 Å². The van der Waals surface area contributed by atoms with E-state index >= 15 is 0 Å². The second kappa shape index (κ2) is 8.27. The molecule has 5 nitrogen and oxygen atoms in total. The molecule has 5 heteroatoms. The number of aryl methyl sites for hydroxylation is 1. The average Bonchev–Trinajstić information content (AvgIpc) is 2.77. The molecule has 0 fully saturated rings. The lowest BCUT2D eigenvalue weighted by atomic mass is 9.99. The van der Waals surface area contributed by atoms with Crippen LogP contribution >= 0.6 is 0 Å². The number of fused-ring (bicyclic) bond motifs is 1. The van der Waals surface area contributed by atoms with Crippen molar-refractivity contribution in [2.45, 2.75) is 26.4 Å². The van der Waals surface area contributed by atoms with Crippen molar-refractivity contribution in [2.24, 2.45) is 0 Å². The summed E-state index contributed by atoms with van der Waals surface area (Å²) in [6.45, 7) is 3.69. The van der Waals surface area contributed by atoms with Crippen molar-refractivity contribution in [3.8, 4) is 0 Å². The van der Waals surface area contributed by atoms with Gasteiger partial charge in [0.25, 0.3) is 11.8 Å². The Hall–Kier alpha value is -3.47. The van der Waals surface area contributed by atoms with Gasteiger partial charge in [-0.05, 0) is 42.2 Å². The number of carbonyl (C=O) groups is 2. The summed E-state index contributed by atoms with van der Waals surface area (Å²) >= 11 is 0. The topological polar surface area (TPSA) is 62.3 Å². The normalized spacial score (nSPS) is 12.9. The molecule has 0 saturated carbocycles. The molecule has 0 saturated heterocycles. The molecule has 0 spiro atoms. The number of pyridine rings is 1. The summed E-state index contributed by atoms with van der Waals surface area (Å²) in [5, 5.41) is 2.90. The van der Waals surface area contributed by atoms with E-state index in [-0.39, 0.29) is 11.8 Å². The molecule has 2 aromatic carbocycles. The Morgan fingerprint density at radius 3 is 2.59 bits per heavy atom. The number of benzene rings is 2. The maximum atomic E-state index is 12.9. The van der Waals surface area contributed by atoms with Gasteiger partial charge in [0, 0.05) is 31.4 Å². The van der Waals surface area contributed by atoms with Crippen molar-refractivity contribution in [3.05, 3.63) is 100 Å². The molecule has 0 unspecified atom stereocenters. The van der Waals surface area contributed by atoms with Gasteiger partial charge in [-0.1, -0.05) is 54.1 Å². The molecular weight excluding hydrogens is 362 g/mol. The van der Waals surface area contributed by atoms with Gasteiger partial charge in [-0.25, -0.2) is 0 Å². The molecule has 4 rings (SSSR count). The Morgan fingerprint density at radius 2 is 1.79 bits per heavy atom. The number of nitrogens with zero attached hydrogens (tertiary/aromatic N) is 2.